The van der Waals surface area contributed by atoms with Gasteiger partial charge in [0.25, 0.3) is 0 Å². The van der Waals surface area contributed by atoms with E-state index < -0.39 is 13.7 Å². The van der Waals surface area contributed by atoms with Crippen LogP contribution in [0.5, 0.6) is 0 Å². The van der Waals surface area contributed by atoms with Crippen molar-refractivity contribution < 1.29 is 12.6 Å². The van der Waals surface area contributed by atoms with Crippen molar-refractivity contribution in [2.75, 3.05) is 0 Å². The van der Waals surface area contributed by atoms with Crippen molar-refractivity contribution in [2.24, 2.45) is 0 Å². The van der Waals surface area contributed by atoms with Crippen LogP contribution in [-0.2, 0) is 12.8 Å². The highest BCUT2D eigenvalue weighted by Crippen LogP contribution is 2.41. The van der Waals surface area contributed by atoms with Gasteiger partial charge in [-0.15, -0.1) is 0 Å². The monoisotopic (exact) mass is 305 g/mol. The Bertz CT molecular complexity index is 1280. The second-order valence-corrected chi connectivity index (χ2v) is 5.98. The predicted molar refractivity (Wildman–Crippen MR) is 93.8 cm³/mol. The molecule has 0 amide bonds. The Kier molecular flexibility index (Phi) is 1.61. The van der Waals surface area contributed by atoms with Crippen molar-refractivity contribution in [1.29, 1.82) is 0 Å². The van der Waals surface area contributed by atoms with Crippen LogP contribution < -0.4 is 0 Å². The summed E-state index contributed by atoms with van der Waals surface area (Å²) in [6.07, 6.45) is 3.02. The highest BCUT2D eigenvalue weighted by molar-refractivity contribution is 6.13. The average molecular weight is 305 g/mol. The second kappa shape index (κ2) is 4.45. The van der Waals surface area contributed by atoms with Gasteiger partial charge in [0, 0.05) is 30.8 Å². The molecule has 2 nitrogen and oxygen atoms in total. The summed E-state index contributed by atoms with van der Waals surface area (Å²) in [5.74, 6) is 0. The van der Waals surface area contributed by atoms with Gasteiger partial charge in [-0.3, -0.25) is 4.98 Å². The van der Waals surface area contributed by atoms with Crippen molar-refractivity contribution in [3.05, 3.63) is 64.8 Å². The highest BCUT2D eigenvalue weighted by Gasteiger charge is 2.21. The molecule has 5 rings (SSSR count). The third-order valence-corrected chi connectivity index (χ3v) is 4.66. The van der Waals surface area contributed by atoms with Gasteiger partial charge in [0.2, 0.25) is 0 Å². The minimum absolute atomic E-state index is 0.205. The van der Waals surface area contributed by atoms with E-state index >= 15 is 0 Å². The van der Waals surface area contributed by atoms with Crippen molar-refractivity contribution in [3.63, 3.8) is 0 Å². The zero-order valence-corrected chi connectivity index (χ0v) is 12.3. The van der Waals surface area contributed by atoms with Gasteiger partial charge in [0.1, 0.15) is 11.2 Å². The van der Waals surface area contributed by atoms with Crippen LogP contribution in [0.2, 0.25) is 0 Å². The van der Waals surface area contributed by atoms with Crippen LogP contribution in [-0.4, -0.2) is 4.98 Å². The maximum Gasteiger partial charge on any atom is 0.145 e. The predicted octanol–water partition coefficient (Wildman–Crippen LogP) is 5.36. The Hall–Kier alpha value is -2.61. The fourth-order valence-corrected chi connectivity index (χ4v) is 3.55. The molecule has 0 saturated heterocycles. The molecule has 0 fully saturated rings. The molecular formula is C21H17NO. The number of hydrogen-bond acceptors (Lipinski definition) is 2. The Labute approximate surface area is 143 Å². The summed E-state index contributed by atoms with van der Waals surface area (Å²) < 4.78 is 52.6. The molecule has 112 valence electrons. The smallest absolute Gasteiger partial charge is 0.145 e. The molecule has 2 aromatic carbocycles. The van der Waals surface area contributed by atoms with E-state index in [9.17, 15) is 0 Å². The molecule has 4 aromatic rings. The van der Waals surface area contributed by atoms with Crippen LogP contribution in [0, 0.1) is 13.7 Å². The van der Waals surface area contributed by atoms with E-state index in [4.69, 9.17) is 12.6 Å². The minimum atomic E-state index is -2.56. The van der Waals surface area contributed by atoms with Gasteiger partial charge in [-0.25, -0.2) is 0 Å². The molecule has 0 unspecified atom stereocenters. The SMILES string of the molecule is [2H]C([2H])([2H])c1cnc(-c2ccc3c4c2oc2cccc(c24)CC3)cc1C([2H])([2H])[2H]. The van der Waals surface area contributed by atoms with E-state index in [0.29, 0.717) is 16.8 Å². The summed E-state index contributed by atoms with van der Waals surface area (Å²) in [4.78, 5) is 4.31. The van der Waals surface area contributed by atoms with Gasteiger partial charge >= 0.3 is 0 Å². The van der Waals surface area contributed by atoms with E-state index in [1.165, 1.54) is 17.2 Å². The minimum Gasteiger partial charge on any atom is -0.455 e. The second-order valence-electron chi connectivity index (χ2n) is 5.98. The first-order valence-electron chi connectivity index (χ1n) is 10.6. The topological polar surface area (TPSA) is 26.0 Å². The third kappa shape index (κ3) is 1.72. The van der Waals surface area contributed by atoms with Crippen molar-refractivity contribution >= 4 is 21.9 Å². The maximum atomic E-state index is 7.81. The molecule has 2 heterocycles. The van der Waals surface area contributed by atoms with Crippen LogP contribution >= 0.6 is 0 Å². The molecule has 0 radical (unpaired) electrons. The number of hydrogen-bond donors (Lipinski definition) is 0. The summed E-state index contributed by atoms with van der Waals surface area (Å²) in [6.45, 7) is -5.11. The van der Waals surface area contributed by atoms with E-state index in [2.05, 4.69) is 11.1 Å². The van der Waals surface area contributed by atoms with Crippen LogP contribution in [0.15, 0.2) is 47.0 Å². The first kappa shape index (κ1) is 8.30. The van der Waals surface area contributed by atoms with Crippen molar-refractivity contribution in [3.8, 4) is 11.3 Å². The first-order valence-corrected chi connectivity index (χ1v) is 7.62. The lowest BCUT2D eigenvalue weighted by Crippen LogP contribution is -1.99. The standard InChI is InChI=1S/C21H17NO/c1-12-10-17(22-11-13(12)2)16-9-8-15-7-6-14-4-3-5-18-19(14)20(15)21(16)23-18/h3-5,8-11H,6-7H2,1-2H3/i1D3,2D3. The lowest BCUT2D eigenvalue weighted by molar-refractivity contribution is 0.669. The van der Waals surface area contributed by atoms with Gasteiger partial charge in [-0.05, 0) is 67.0 Å². The fraction of sp³-hybridized carbons (Fsp3) is 0.190. The molecule has 0 atom stereocenters. The van der Waals surface area contributed by atoms with Crippen LogP contribution in [0.1, 0.15) is 30.5 Å². The molecule has 2 heteroatoms. The summed E-state index contributed by atoms with van der Waals surface area (Å²) in [5.41, 5.74) is 4.48. The fourth-order valence-electron chi connectivity index (χ4n) is 3.55. The largest absolute Gasteiger partial charge is 0.455 e. The maximum absolute atomic E-state index is 7.81. The summed E-state index contributed by atoms with van der Waals surface area (Å²) in [6, 6.07) is 11.3. The van der Waals surface area contributed by atoms with E-state index in [0.717, 1.165) is 35.4 Å². The van der Waals surface area contributed by atoms with Crippen molar-refractivity contribution in [1.82, 2.24) is 4.98 Å². The number of furan rings is 1. The van der Waals surface area contributed by atoms with E-state index in [1.54, 1.807) is 0 Å². The lowest BCUT2D eigenvalue weighted by atomic mass is 9.89. The van der Waals surface area contributed by atoms with Gasteiger partial charge < -0.3 is 4.42 Å². The summed E-state index contributed by atoms with van der Waals surface area (Å²) in [7, 11) is 0. The number of aryl methyl sites for hydroxylation is 4. The number of nitrogens with zero attached hydrogens (tertiary/aromatic N) is 1. The lowest BCUT2D eigenvalue weighted by Gasteiger charge is -2.13. The van der Waals surface area contributed by atoms with E-state index in [1.807, 2.05) is 24.3 Å². The zero-order chi connectivity index (χ0) is 20.6. The number of benzene rings is 2. The molecule has 23 heavy (non-hydrogen) atoms. The quantitative estimate of drug-likeness (QED) is 0.473. The zero-order valence-electron chi connectivity index (χ0n) is 18.3. The van der Waals surface area contributed by atoms with Gasteiger partial charge in [0.05, 0.1) is 5.69 Å². The molecule has 1 aliphatic rings. The van der Waals surface area contributed by atoms with Crippen LogP contribution in [0.4, 0.5) is 0 Å². The molecule has 0 N–H and O–H groups in total. The van der Waals surface area contributed by atoms with Gasteiger partial charge in [-0.2, -0.15) is 0 Å². The average Bonchev–Trinajstić information content (AvgIpc) is 3.05. The molecular weight excluding hydrogens is 282 g/mol. The number of aromatic nitrogens is 1. The Morgan fingerprint density at radius 2 is 1.87 bits per heavy atom. The number of pyridine rings is 1. The highest BCUT2D eigenvalue weighted by atomic mass is 16.3. The Morgan fingerprint density at radius 3 is 2.74 bits per heavy atom. The normalized spacial score (nSPS) is 18.3. The first-order chi connectivity index (χ1) is 13.6. The van der Waals surface area contributed by atoms with Crippen molar-refractivity contribution in [2.45, 2.75) is 26.5 Å². The van der Waals surface area contributed by atoms with E-state index in [-0.39, 0.29) is 11.1 Å². The molecule has 0 saturated carbocycles. The summed E-state index contributed by atoms with van der Waals surface area (Å²) >= 11 is 0. The van der Waals surface area contributed by atoms with Gasteiger partial charge in [0.15, 0.2) is 0 Å². The summed E-state index contributed by atoms with van der Waals surface area (Å²) in [5, 5.41) is 2.14. The molecule has 2 aromatic heterocycles. The molecule has 0 bridgehead atoms. The third-order valence-electron chi connectivity index (χ3n) is 4.66. The Morgan fingerprint density at radius 1 is 1.00 bits per heavy atom. The van der Waals surface area contributed by atoms with Crippen LogP contribution in [0.25, 0.3) is 33.2 Å². The van der Waals surface area contributed by atoms with Crippen LogP contribution in [0.3, 0.4) is 0 Å². The van der Waals surface area contributed by atoms with Gasteiger partial charge in [-0.1, -0.05) is 18.2 Å². The molecule has 1 aliphatic carbocycles. The Balaban J connectivity index is 1.81. The molecule has 0 aliphatic heterocycles. The molecule has 0 spiro atoms. The number of rotatable bonds is 1.